The van der Waals surface area contributed by atoms with Gasteiger partial charge in [0, 0.05) is 79.5 Å². The Labute approximate surface area is 666 Å². The Balaban J connectivity index is 0.000000181. The van der Waals surface area contributed by atoms with Gasteiger partial charge in [0.15, 0.2) is 24.5 Å². The molecular weight excluding hydrogens is 1550 g/mol. The third-order valence-corrected chi connectivity index (χ3v) is 18.7. The highest BCUT2D eigenvalue weighted by Crippen LogP contribution is 2.38. The minimum atomic E-state index is -5.08. The number of carboxylic acid groups (broad SMARTS) is 2. The summed E-state index contributed by atoms with van der Waals surface area (Å²) in [6.45, 7) is 8.33. The second kappa shape index (κ2) is 37.6. The van der Waals surface area contributed by atoms with Crippen LogP contribution in [-0.2, 0) is 43.2 Å². The first kappa shape index (κ1) is 84.3. The summed E-state index contributed by atoms with van der Waals surface area (Å²) in [7, 11) is 0. The SMILES string of the molecule is Cc1noc(C)c1-c1ccc(-c2nc3cnccn3c2NCC(=O)NCCCCNC(=O)COc2cccc3c2C(=O)N(C2CCC(=O)NC2=O)C3=O)cc1.Cc1noc(C)c1-c1ccc(-c2nc3cnccn3c2NCC(=O)O)cc1.NCCCCNC(=O)COc1cccc2c1C(=O)N(C1CCC(=O)NC1=O)C2=O.O=C(O)C(F)(F)F. The van der Waals surface area contributed by atoms with Gasteiger partial charge in [0.1, 0.15) is 64.7 Å². The Morgan fingerprint density at radius 1 is 0.534 bits per heavy atom. The number of aliphatic carboxylic acids is 2. The van der Waals surface area contributed by atoms with E-state index in [1.54, 1.807) is 41.6 Å². The molecule has 0 aliphatic carbocycles. The van der Waals surface area contributed by atoms with E-state index in [2.05, 4.69) is 62.5 Å². The van der Waals surface area contributed by atoms with Crippen molar-refractivity contribution < 1.29 is 104 Å². The van der Waals surface area contributed by atoms with Crippen LogP contribution in [0.5, 0.6) is 11.5 Å². The van der Waals surface area contributed by atoms with E-state index in [9.17, 15) is 70.7 Å². The number of nitrogens with two attached hydrogens (primary N) is 1. The number of amides is 11. The van der Waals surface area contributed by atoms with Gasteiger partial charge in [-0.05, 0) is 108 Å². The molecule has 2 unspecified atom stereocenters. The lowest BCUT2D eigenvalue weighted by Gasteiger charge is -2.27. The summed E-state index contributed by atoms with van der Waals surface area (Å²) in [6, 6.07) is 22.5. The number of hydrogen-bond donors (Lipinski definition) is 10. The molecule has 2 atom stereocenters. The van der Waals surface area contributed by atoms with Gasteiger partial charge in [0.05, 0.1) is 52.6 Å². The van der Waals surface area contributed by atoms with Crippen molar-refractivity contribution in [3.8, 4) is 56.3 Å². The van der Waals surface area contributed by atoms with Crippen LogP contribution < -0.4 is 52.4 Å². The molecule has 37 nitrogen and oxygen atoms in total. The summed E-state index contributed by atoms with van der Waals surface area (Å²) >= 11 is 0. The highest BCUT2D eigenvalue weighted by atomic mass is 19.4. The number of hydrogen-bond acceptors (Lipinski definition) is 26. The number of benzene rings is 4. The first-order chi connectivity index (χ1) is 56.5. The number of imidazole rings is 2. The molecule has 6 aromatic heterocycles. The van der Waals surface area contributed by atoms with E-state index < -0.39 is 90.0 Å². The number of nitrogens with zero attached hydrogens (tertiary/aromatic N) is 10. The normalized spacial score (nSPS) is 14.8. The third kappa shape index (κ3) is 19.6. The number of aryl methyl sites for hydroxylation is 4. The topological polar surface area (TPSA) is 510 Å². The van der Waals surface area contributed by atoms with Crippen molar-refractivity contribution in [2.75, 3.05) is 63.1 Å². The molecule has 0 spiro atoms. The molecule has 10 aromatic rings. The van der Waals surface area contributed by atoms with Crippen LogP contribution in [0.25, 0.3) is 56.1 Å². The van der Waals surface area contributed by atoms with Crippen LogP contribution in [0.4, 0.5) is 24.8 Å². The zero-order valence-electron chi connectivity index (χ0n) is 63.5. The van der Waals surface area contributed by atoms with Crippen molar-refractivity contribution in [1.29, 1.82) is 0 Å². The highest BCUT2D eigenvalue weighted by molar-refractivity contribution is 6.25. The van der Waals surface area contributed by atoms with Gasteiger partial charge >= 0.3 is 18.1 Å². The Bertz CT molecular complexity index is 5510. The summed E-state index contributed by atoms with van der Waals surface area (Å²) in [4.78, 5) is 176. The first-order valence-electron chi connectivity index (χ1n) is 36.7. The van der Waals surface area contributed by atoms with E-state index in [0.717, 1.165) is 78.9 Å². The van der Waals surface area contributed by atoms with Gasteiger partial charge in [-0.3, -0.25) is 96.7 Å². The third-order valence-electron chi connectivity index (χ3n) is 18.7. The maximum atomic E-state index is 13.2. The number of ether oxygens (including phenoxy) is 2. The lowest BCUT2D eigenvalue weighted by atomic mass is 10.0. The molecule has 11 N–H and O–H groups in total. The summed E-state index contributed by atoms with van der Waals surface area (Å²) in [5.41, 5.74) is 15.4. The van der Waals surface area contributed by atoms with E-state index in [4.69, 9.17) is 44.2 Å². The Hall–Kier alpha value is -14.6. The van der Waals surface area contributed by atoms with Gasteiger partial charge in [-0.25, -0.2) is 14.8 Å². The number of nitrogens with one attached hydrogen (secondary N) is 7. The van der Waals surface area contributed by atoms with E-state index in [1.807, 2.05) is 80.6 Å². The number of piperidine rings is 2. The molecular formula is C78H77F3N18O19. The van der Waals surface area contributed by atoms with Crippen molar-refractivity contribution in [3.63, 3.8) is 0 Å². The molecule has 2 saturated heterocycles. The molecule has 0 radical (unpaired) electrons. The minimum Gasteiger partial charge on any atom is -0.483 e. The smallest absolute Gasteiger partial charge is 0.483 e. The van der Waals surface area contributed by atoms with Crippen LogP contribution in [-0.4, -0.2) is 207 Å². The number of anilines is 2. The standard InChI is InChI=1S/C38H37N9O8.C19H17N5O3.C19H22N4O6.C2HF3O2/c1-21-32(22(2)55-45-21)23-8-10-24(11-9-23)34-35(46-17-16-39-18-28(46)43-34)42-19-30(49)40-14-3-4-15-41-31(50)20-54-27-7-5-6-25-33(27)38(53)47(37(25)52)26-12-13-29(48)44-36(26)51;1-11-17(12(2)27-23-11)13-3-5-14(6-4-13)18-19(21-10-16(25)26)24-8-7-20-9-15(24)22-18;20-8-1-2-9-21-15(25)10-29-13-5-3-4-11-16(13)19(28)23(18(11)27)12-6-7-14(24)22-17(12)26;3-2(4,5)1(6)7/h5-11,16-18,26,42H,3-4,12-15,19-20H2,1-2H3,(H,40,49)(H,41,50)(H,44,48,51);3-9,21H,10H2,1-2H3,(H,25,26);3-5,12H,1-2,6-10,20H2,(H,21,25)(H,22,24,26);(H,6,7). The van der Waals surface area contributed by atoms with Crippen molar-refractivity contribution in [2.24, 2.45) is 5.73 Å². The van der Waals surface area contributed by atoms with Gasteiger partial charge in [0.25, 0.3) is 35.4 Å². The van der Waals surface area contributed by atoms with E-state index in [0.29, 0.717) is 73.3 Å². The fraction of sp³-hybridized carbons (Fsp3) is 0.295. The van der Waals surface area contributed by atoms with Crippen molar-refractivity contribution in [1.82, 2.24) is 75.4 Å². The molecule has 11 amide bonds. The first-order valence-corrected chi connectivity index (χ1v) is 36.7. The summed E-state index contributed by atoms with van der Waals surface area (Å²) < 4.78 is 57.0. The van der Waals surface area contributed by atoms with Gasteiger partial charge in [-0.2, -0.15) is 13.2 Å². The minimum absolute atomic E-state index is 0.00305. The highest BCUT2D eigenvalue weighted by Gasteiger charge is 2.48. The van der Waals surface area contributed by atoms with E-state index in [1.165, 1.54) is 36.4 Å². The predicted molar refractivity (Wildman–Crippen MR) is 409 cm³/mol. The molecule has 4 aromatic carbocycles. The quantitative estimate of drug-likeness (QED) is 0.0218. The Morgan fingerprint density at radius 3 is 1.30 bits per heavy atom. The molecule has 4 aliphatic rings. The van der Waals surface area contributed by atoms with Crippen molar-refractivity contribution >= 4 is 99.8 Å². The number of unbranched alkanes of at least 4 members (excludes halogenated alkanes) is 2. The predicted octanol–water partition coefficient (Wildman–Crippen LogP) is 5.69. The molecule has 14 rings (SSSR count). The maximum absolute atomic E-state index is 13.2. The Morgan fingerprint density at radius 2 is 0.924 bits per heavy atom. The fourth-order valence-corrected chi connectivity index (χ4v) is 13.1. The molecule has 10 heterocycles. The molecule has 614 valence electrons. The van der Waals surface area contributed by atoms with Crippen LogP contribution in [0.2, 0.25) is 0 Å². The number of rotatable bonds is 27. The monoisotopic (exact) mass is 1630 g/mol. The average Bonchev–Trinajstić information content (AvgIpc) is 1.60. The number of imide groups is 4. The molecule has 0 bridgehead atoms. The second-order valence-electron chi connectivity index (χ2n) is 26.8. The summed E-state index contributed by atoms with van der Waals surface area (Å²) in [5, 5.41) is 43.0. The number of carbonyl (C=O) groups is 13. The largest absolute Gasteiger partial charge is 0.490 e. The van der Waals surface area contributed by atoms with Gasteiger partial charge in [0.2, 0.25) is 29.5 Å². The number of fused-ring (bicyclic) bond motifs is 4. The Kier molecular flexibility index (Phi) is 26.8. The number of halogens is 3. The molecule has 118 heavy (non-hydrogen) atoms. The number of carboxylic acids is 2. The zero-order valence-corrected chi connectivity index (χ0v) is 63.5. The summed E-state index contributed by atoms with van der Waals surface area (Å²) in [6.07, 6.45) is 7.83. The van der Waals surface area contributed by atoms with Crippen LogP contribution in [0, 0.1) is 27.7 Å². The van der Waals surface area contributed by atoms with Crippen molar-refractivity contribution in [2.45, 2.75) is 97.3 Å². The zero-order chi connectivity index (χ0) is 84.6. The van der Waals surface area contributed by atoms with Crippen LogP contribution in [0.3, 0.4) is 0 Å². The van der Waals surface area contributed by atoms with Gasteiger partial charge < -0.3 is 61.1 Å². The van der Waals surface area contributed by atoms with Crippen LogP contribution in [0.15, 0.2) is 131 Å². The molecule has 2 fully saturated rings. The molecule has 0 saturated carbocycles. The lowest BCUT2D eigenvalue weighted by Crippen LogP contribution is -2.54. The molecule has 40 heteroatoms. The van der Waals surface area contributed by atoms with Crippen molar-refractivity contribution in [3.05, 3.63) is 167 Å². The number of aromatic nitrogens is 8. The van der Waals surface area contributed by atoms with E-state index in [-0.39, 0.29) is 90.9 Å². The molecule has 4 aliphatic heterocycles. The lowest BCUT2D eigenvalue weighted by molar-refractivity contribution is -0.192. The number of carbonyl (C=O) groups excluding carboxylic acids is 11. The van der Waals surface area contributed by atoms with Gasteiger partial charge in [-0.1, -0.05) is 71.0 Å². The van der Waals surface area contributed by atoms with Crippen LogP contribution in [0.1, 0.15) is 116 Å². The summed E-state index contributed by atoms with van der Waals surface area (Å²) in [5.74, 6) is -6.85. The second-order valence-corrected chi connectivity index (χ2v) is 26.8. The maximum Gasteiger partial charge on any atom is 0.490 e. The van der Waals surface area contributed by atoms with Crippen LogP contribution >= 0.6 is 0 Å². The van der Waals surface area contributed by atoms with E-state index >= 15 is 0 Å². The average molecular weight is 1630 g/mol. The van der Waals surface area contributed by atoms with Gasteiger partial charge in [-0.15, -0.1) is 0 Å². The fourth-order valence-electron chi connectivity index (χ4n) is 13.1. The number of alkyl halides is 3.